The smallest absolute Gasteiger partial charge is 0.408 e. The van der Waals surface area contributed by atoms with Gasteiger partial charge in [-0.1, -0.05) is 60.7 Å². The van der Waals surface area contributed by atoms with Gasteiger partial charge in [-0.3, -0.25) is 4.79 Å². The first-order valence-corrected chi connectivity index (χ1v) is 10.3. The van der Waals surface area contributed by atoms with Crippen molar-refractivity contribution >= 4 is 18.0 Å². The zero-order valence-corrected chi connectivity index (χ0v) is 18.0. The molecule has 0 fully saturated rings. The van der Waals surface area contributed by atoms with E-state index >= 15 is 0 Å². The number of unbranched alkanes of at least 4 members (excludes halogenated alkanes) is 1. The van der Waals surface area contributed by atoms with Crippen LogP contribution in [0.25, 0.3) is 0 Å². The van der Waals surface area contributed by atoms with E-state index in [0.717, 1.165) is 11.1 Å². The molecule has 0 radical (unpaired) electrons. The molecule has 0 saturated heterocycles. The minimum atomic E-state index is -0.969. The fourth-order valence-corrected chi connectivity index (χ4v) is 3.01. The number of amides is 2. The van der Waals surface area contributed by atoms with Gasteiger partial charge >= 0.3 is 12.1 Å². The topological polar surface area (TPSA) is 118 Å². The van der Waals surface area contributed by atoms with Gasteiger partial charge in [-0.15, -0.1) is 0 Å². The molecule has 0 aromatic heterocycles. The number of esters is 1. The minimum Gasteiger partial charge on any atom is -0.467 e. The van der Waals surface area contributed by atoms with Crippen molar-refractivity contribution in [1.29, 1.82) is 5.26 Å². The summed E-state index contributed by atoms with van der Waals surface area (Å²) >= 11 is 0. The second-order valence-corrected chi connectivity index (χ2v) is 7.08. The van der Waals surface area contributed by atoms with E-state index in [2.05, 4.69) is 10.6 Å². The number of rotatable bonds is 11. The van der Waals surface area contributed by atoms with Crippen LogP contribution in [0.15, 0.2) is 60.7 Å². The van der Waals surface area contributed by atoms with Gasteiger partial charge in [0, 0.05) is 12.8 Å². The SMILES string of the molecule is COC(=O)[C@H](CCCC#N)NC(=O)[C@H](Cc1ccccc1)NC(=O)OCc1ccccc1. The maximum atomic E-state index is 13.0. The summed E-state index contributed by atoms with van der Waals surface area (Å²) in [6.45, 7) is 0.0608. The Kier molecular flexibility index (Phi) is 10.3. The highest BCUT2D eigenvalue weighted by Crippen LogP contribution is 2.08. The fourth-order valence-electron chi connectivity index (χ4n) is 3.01. The van der Waals surface area contributed by atoms with Crippen molar-refractivity contribution in [2.45, 2.75) is 44.4 Å². The second-order valence-electron chi connectivity index (χ2n) is 7.08. The molecular weight excluding hydrogens is 410 g/mol. The van der Waals surface area contributed by atoms with Gasteiger partial charge in [0.05, 0.1) is 13.2 Å². The van der Waals surface area contributed by atoms with Gasteiger partial charge in [-0.2, -0.15) is 5.26 Å². The van der Waals surface area contributed by atoms with Crippen LogP contribution in [0, 0.1) is 11.3 Å². The van der Waals surface area contributed by atoms with Gasteiger partial charge in [-0.05, 0) is 24.0 Å². The van der Waals surface area contributed by atoms with Gasteiger partial charge in [0.15, 0.2) is 0 Å². The molecule has 2 aromatic carbocycles. The zero-order chi connectivity index (χ0) is 23.2. The summed E-state index contributed by atoms with van der Waals surface area (Å²) in [7, 11) is 1.23. The Hall–Kier alpha value is -3.86. The summed E-state index contributed by atoms with van der Waals surface area (Å²) in [6.07, 6.45) is 0.388. The predicted octanol–water partition coefficient (Wildman–Crippen LogP) is 2.88. The van der Waals surface area contributed by atoms with Crippen LogP contribution < -0.4 is 10.6 Å². The monoisotopic (exact) mass is 437 g/mol. The van der Waals surface area contributed by atoms with E-state index in [1.165, 1.54) is 7.11 Å². The summed E-state index contributed by atoms with van der Waals surface area (Å²) in [5.41, 5.74) is 1.64. The lowest BCUT2D eigenvalue weighted by Gasteiger charge is -2.22. The third-order valence-corrected chi connectivity index (χ3v) is 4.69. The van der Waals surface area contributed by atoms with Gasteiger partial charge in [0.2, 0.25) is 5.91 Å². The lowest BCUT2D eigenvalue weighted by molar-refractivity contribution is -0.145. The second kappa shape index (κ2) is 13.4. The molecule has 0 spiro atoms. The van der Waals surface area contributed by atoms with Crippen molar-refractivity contribution in [3.8, 4) is 6.07 Å². The van der Waals surface area contributed by atoms with Gasteiger partial charge in [0.1, 0.15) is 18.7 Å². The molecular formula is C24H27N3O5. The maximum absolute atomic E-state index is 13.0. The van der Waals surface area contributed by atoms with E-state index < -0.39 is 30.1 Å². The maximum Gasteiger partial charge on any atom is 0.408 e. The molecule has 0 aliphatic rings. The predicted molar refractivity (Wildman–Crippen MR) is 117 cm³/mol. The molecule has 0 unspecified atom stereocenters. The number of carbonyl (C=O) groups is 3. The molecule has 0 aliphatic carbocycles. The zero-order valence-electron chi connectivity index (χ0n) is 18.0. The Labute approximate surface area is 187 Å². The van der Waals surface area contributed by atoms with Crippen molar-refractivity contribution in [3.63, 3.8) is 0 Å². The number of ether oxygens (including phenoxy) is 2. The Morgan fingerprint density at radius 3 is 2.16 bits per heavy atom. The van der Waals surface area contributed by atoms with Crippen molar-refractivity contribution < 1.29 is 23.9 Å². The summed E-state index contributed by atoms with van der Waals surface area (Å²) in [5, 5.41) is 13.9. The third kappa shape index (κ3) is 8.48. The van der Waals surface area contributed by atoms with E-state index in [0.29, 0.717) is 6.42 Å². The number of nitrogens with one attached hydrogen (secondary N) is 2. The van der Waals surface area contributed by atoms with Crippen LogP contribution in [0.5, 0.6) is 0 Å². The fraction of sp³-hybridized carbons (Fsp3) is 0.333. The Balaban J connectivity index is 2.06. The average Bonchev–Trinajstić information content (AvgIpc) is 2.82. The molecule has 2 atom stereocenters. The number of hydrogen-bond acceptors (Lipinski definition) is 6. The van der Waals surface area contributed by atoms with Crippen LogP contribution in [0.2, 0.25) is 0 Å². The molecule has 0 bridgehead atoms. The van der Waals surface area contributed by atoms with Crippen molar-refractivity contribution in [1.82, 2.24) is 10.6 Å². The minimum absolute atomic E-state index is 0.0608. The average molecular weight is 437 g/mol. The molecule has 32 heavy (non-hydrogen) atoms. The Bertz CT molecular complexity index is 912. The van der Waals surface area contributed by atoms with Crippen molar-refractivity contribution in [2.75, 3.05) is 7.11 Å². The van der Waals surface area contributed by atoms with Gasteiger partial charge < -0.3 is 20.1 Å². The largest absolute Gasteiger partial charge is 0.467 e. The number of alkyl carbamates (subject to hydrolysis) is 1. The third-order valence-electron chi connectivity index (χ3n) is 4.69. The standard InChI is InChI=1S/C24H27N3O5/c1-31-23(29)20(14-8-9-15-25)26-22(28)21(16-18-10-4-2-5-11-18)27-24(30)32-17-19-12-6-3-7-13-19/h2-7,10-13,20-21H,8-9,14,16-17H2,1H3,(H,26,28)(H,27,30)/t20-,21-/m0/s1. The highest BCUT2D eigenvalue weighted by atomic mass is 16.5. The molecule has 0 heterocycles. The van der Waals surface area contributed by atoms with Crippen molar-refractivity contribution in [3.05, 3.63) is 71.8 Å². The van der Waals surface area contributed by atoms with E-state index in [1.807, 2.05) is 66.7 Å². The lowest BCUT2D eigenvalue weighted by Crippen LogP contribution is -2.52. The highest BCUT2D eigenvalue weighted by Gasteiger charge is 2.27. The number of carbonyl (C=O) groups excluding carboxylic acids is 3. The first kappa shape index (κ1) is 24.4. The van der Waals surface area contributed by atoms with Gasteiger partial charge in [0.25, 0.3) is 0 Å². The highest BCUT2D eigenvalue weighted by molar-refractivity contribution is 5.89. The molecule has 2 amide bonds. The summed E-state index contributed by atoms with van der Waals surface area (Å²) in [4.78, 5) is 37.4. The first-order chi connectivity index (χ1) is 15.5. The Morgan fingerprint density at radius 2 is 1.56 bits per heavy atom. The first-order valence-electron chi connectivity index (χ1n) is 10.3. The van der Waals surface area contributed by atoms with Crippen LogP contribution in [0.4, 0.5) is 4.79 Å². The van der Waals surface area contributed by atoms with E-state index in [9.17, 15) is 14.4 Å². The van der Waals surface area contributed by atoms with Crippen LogP contribution in [-0.4, -0.2) is 37.2 Å². The molecule has 0 saturated carbocycles. The summed E-state index contributed by atoms with van der Waals surface area (Å²) in [6, 6.07) is 18.5. The summed E-state index contributed by atoms with van der Waals surface area (Å²) < 4.78 is 10.0. The lowest BCUT2D eigenvalue weighted by atomic mass is 10.0. The van der Waals surface area contributed by atoms with Crippen LogP contribution in [0.1, 0.15) is 30.4 Å². The number of nitrogens with zero attached hydrogens (tertiary/aromatic N) is 1. The number of hydrogen-bond donors (Lipinski definition) is 2. The molecule has 8 nitrogen and oxygen atoms in total. The van der Waals surface area contributed by atoms with E-state index in [4.69, 9.17) is 14.7 Å². The van der Waals surface area contributed by atoms with Crippen LogP contribution in [-0.2, 0) is 32.1 Å². The normalized spacial score (nSPS) is 12.0. The summed E-state index contributed by atoms with van der Waals surface area (Å²) in [5.74, 6) is -1.15. The molecule has 8 heteroatoms. The van der Waals surface area contributed by atoms with Crippen LogP contribution in [0.3, 0.4) is 0 Å². The molecule has 2 aromatic rings. The van der Waals surface area contributed by atoms with E-state index in [-0.39, 0.29) is 25.9 Å². The number of benzene rings is 2. The number of nitriles is 1. The van der Waals surface area contributed by atoms with Crippen LogP contribution >= 0.6 is 0 Å². The molecule has 168 valence electrons. The Morgan fingerprint density at radius 1 is 0.938 bits per heavy atom. The van der Waals surface area contributed by atoms with Crippen molar-refractivity contribution in [2.24, 2.45) is 0 Å². The number of methoxy groups -OCH3 is 1. The van der Waals surface area contributed by atoms with E-state index in [1.54, 1.807) is 0 Å². The molecule has 0 aliphatic heterocycles. The van der Waals surface area contributed by atoms with Gasteiger partial charge in [-0.25, -0.2) is 9.59 Å². The molecule has 2 rings (SSSR count). The molecule has 2 N–H and O–H groups in total. The quantitative estimate of drug-likeness (QED) is 0.412.